The van der Waals surface area contributed by atoms with Crippen LogP contribution in [0.4, 0.5) is 17.3 Å². The van der Waals surface area contributed by atoms with Gasteiger partial charge in [0.15, 0.2) is 5.76 Å². The third kappa shape index (κ3) is 3.62. The van der Waals surface area contributed by atoms with Gasteiger partial charge < -0.3 is 14.6 Å². The highest BCUT2D eigenvalue weighted by molar-refractivity contribution is 5.82. The summed E-state index contributed by atoms with van der Waals surface area (Å²) in [6.07, 6.45) is 1.74. The van der Waals surface area contributed by atoms with Crippen molar-refractivity contribution < 1.29 is 4.42 Å². The van der Waals surface area contributed by atoms with Crippen molar-refractivity contribution in [2.45, 2.75) is 13.8 Å². The van der Waals surface area contributed by atoms with Crippen LogP contribution in [-0.4, -0.2) is 23.1 Å². The first-order valence-corrected chi connectivity index (χ1v) is 9.21. The van der Waals surface area contributed by atoms with Crippen molar-refractivity contribution in [3.8, 4) is 11.5 Å². The third-order valence-corrected chi connectivity index (χ3v) is 4.59. The van der Waals surface area contributed by atoms with E-state index in [1.165, 1.54) is 5.69 Å². The largest absolute Gasteiger partial charge is 0.454 e. The number of fused-ring (bicyclic) bond motifs is 1. The molecule has 0 saturated heterocycles. The molecule has 0 aliphatic heterocycles. The van der Waals surface area contributed by atoms with Crippen LogP contribution in [0.3, 0.4) is 0 Å². The van der Waals surface area contributed by atoms with E-state index in [1.54, 1.807) is 6.20 Å². The lowest BCUT2D eigenvalue weighted by Gasteiger charge is -2.21. The molecule has 2 heterocycles. The van der Waals surface area contributed by atoms with E-state index in [-0.39, 0.29) is 0 Å². The van der Waals surface area contributed by atoms with Crippen molar-refractivity contribution in [3.05, 3.63) is 66.9 Å². The Morgan fingerprint density at radius 3 is 2.48 bits per heavy atom. The minimum atomic E-state index is 0.545. The molecule has 2 aromatic carbocycles. The Morgan fingerprint density at radius 2 is 1.74 bits per heavy atom. The molecule has 4 aromatic rings. The molecule has 0 unspecified atom stereocenters. The van der Waals surface area contributed by atoms with E-state index >= 15 is 0 Å². The van der Waals surface area contributed by atoms with Gasteiger partial charge in [-0.1, -0.05) is 18.2 Å². The smallest absolute Gasteiger partial charge is 0.227 e. The summed E-state index contributed by atoms with van der Waals surface area (Å²) in [6, 6.07) is 20.1. The topological polar surface area (TPSA) is 54.2 Å². The number of rotatable bonds is 6. The fraction of sp³-hybridized carbons (Fsp3) is 0.182. The molecule has 0 aliphatic carbocycles. The van der Waals surface area contributed by atoms with Gasteiger partial charge in [0.1, 0.15) is 11.3 Å². The number of hydrogen-bond acceptors (Lipinski definition) is 5. The number of benzene rings is 2. The maximum atomic E-state index is 5.90. The average Bonchev–Trinajstić information content (AvgIpc) is 3.15. The monoisotopic (exact) mass is 358 g/mol. The first-order valence-electron chi connectivity index (χ1n) is 9.21. The van der Waals surface area contributed by atoms with Crippen molar-refractivity contribution in [1.82, 2.24) is 9.97 Å². The lowest BCUT2D eigenvalue weighted by molar-refractivity contribution is 0.628. The molecule has 0 spiro atoms. The lowest BCUT2D eigenvalue weighted by Crippen LogP contribution is -2.21. The zero-order chi connectivity index (χ0) is 18.6. The van der Waals surface area contributed by atoms with Gasteiger partial charge in [0.25, 0.3) is 0 Å². The van der Waals surface area contributed by atoms with Crippen LogP contribution in [-0.2, 0) is 0 Å². The zero-order valence-corrected chi connectivity index (χ0v) is 15.5. The Bertz CT molecular complexity index is 1000. The van der Waals surface area contributed by atoms with Crippen molar-refractivity contribution in [3.63, 3.8) is 0 Å². The van der Waals surface area contributed by atoms with Crippen LogP contribution in [0.25, 0.3) is 22.4 Å². The molecule has 136 valence electrons. The van der Waals surface area contributed by atoms with Crippen molar-refractivity contribution in [2.24, 2.45) is 0 Å². The normalized spacial score (nSPS) is 10.9. The highest BCUT2D eigenvalue weighted by Gasteiger charge is 2.09. The second kappa shape index (κ2) is 7.50. The maximum Gasteiger partial charge on any atom is 0.227 e. The summed E-state index contributed by atoms with van der Waals surface area (Å²) < 4.78 is 5.90. The van der Waals surface area contributed by atoms with Crippen LogP contribution >= 0.6 is 0 Å². The van der Waals surface area contributed by atoms with Crippen LogP contribution in [0.5, 0.6) is 0 Å². The Hall–Kier alpha value is -3.34. The first-order chi connectivity index (χ1) is 13.3. The molecule has 0 atom stereocenters. The number of hydrogen-bond donors (Lipinski definition) is 1. The number of furan rings is 1. The van der Waals surface area contributed by atoms with Crippen LogP contribution in [0.2, 0.25) is 0 Å². The van der Waals surface area contributed by atoms with E-state index < -0.39 is 0 Å². The standard InChI is InChI=1S/C22H22N4O/c1-3-26(4-2)18-11-9-17(10-12-18)24-22-23-14-13-19(25-22)21-15-16-7-5-6-8-20(16)27-21/h5-15H,3-4H2,1-2H3,(H,23,24,25). The molecule has 5 nitrogen and oxygen atoms in total. The summed E-state index contributed by atoms with van der Waals surface area (Å²) in [4.78, 5) is 11.2. The summed E-state index contributed by atoms with van der Waals surface area (Å²) in [5, 5.41) is 4.33. The zero-order valence-electron chi connectivity index (χ0n) is 15.5. The molecule has 27 heavy (non-hydrogen) atoms. The highest BCUT2D eigenvalue weighted by Crippen LogP contribution is 2.27. The van der Waals surface area contributed by atoms with Crippen LogP contribution in [0, 0.1) is 0 Å². The molecule has 0 fully saturated rings. The van der Waals surface area contributed by atoms with E-state index in [0.717, 1.165) is 41.2 Å². The molecule has 1 N–H and O–H groups in total. The molecule has 0 saturated carbocycles. The summed E-state index contributed by atoms with van der Waals surface area (Å²) in [7, 11) is 0. The van der Waals surface area contributed by atoms with Crippen LogP contribution in [0.15, 0.2) is 71.3 Å². The number of nitrogens with one attached hydrogen (secondary N) is 1. The molecule has 0 radical (unpaired) electrons. The minimum absolute atomic E-state index is 0.545. The summed E-state index contributed by atoms with van der Waals surface area (Å²) in [5.41, 5.74) is 3.77. The Kier molecular flexibility index (Phi) is 4.75. The molecule has 4 rings (SSSR count). The third-order valence-electron chi connectivity index (χ3n) is 4.59. The van der Waals surface area contributed by atoms with E-state index in [1.807, 2.05) is 48.5 Å². The predicted molar refractivity (Wildman–Crippen MR) is 111 cm³/mol. The number of anilines is 3. The van der Waals surface area contributed by atoms with Gasteiger partial charge in [-0.3, -0.25) is 0 Å². The Balaban J connectivity index is 1.56. The van der Waals surface area contributed by atoms with Gasteiger partial charge >= 0.3 is 0 Å². The quantitative estimate of drug-likeness (QED) is 0.495. The van der Waals surface area contributed by atoms with Gasteiger partial charge in [0, 0.05) is 36.0 Å². The molecule has 0 amide bonds. The number of aromatic nitrogens is 2. The van der Waals surface area contributed by atoms with Crippen molar-refractivity contribution >= 4 is 28.3 Å². The lowest BCUT2D eigenvalue weighted by atomic mass is 10.2. The molecular weight excluding hydrogens is 336 g/mol. The van der Waals surface area contributed by atoms with E-state index in [4.69, 9.17) is 4.42 Å². The van der Waals surface area contributed by atoms with Gasteiger partial charge in [0.2, 0.25) is 5.95 Å². The van der Waals surface area contributed by atoms with Gasteiger partial charge in [-0.2, -0.15) is 0 Å². The maximum absolute atomic E-state index is 5.90. The Morgan fingerprint density at radius 1 is 0.963 bits per heavy atom. The highest BCUT2D eigenvalue weighted by atomic mass is 16.3. The summed E-state index contributed by atoms with van der Waals surface area (Å²) >= 11 is 0. The average molecular weight is 358 g/mol. The van der Waals surface area contributed by atoms with Gasteiger partial charge in [-0.25, -0.2) is 9.97 Å². The second-order valence-electron chi connectivity index (χ2n) is 6.26. The second-order valence-corrected chi connectivity index (χ2v) is 6.26. The van der Waals surface area contributed by atoms with Crippen molar-refractivity contribution in [2.75, 3.05) is 23.3 Å². The predicted octanol–water partition coefficient (Wildman–Crippen LogP) is 5.48. The molecule has 2 aromatic heterocycles. The number of para-hydroxylation sites is 1. The fourth-order valence-corrected chi connectivity index (χ4v) is 3.14. The van der Waals surface area contributed by atoms with Crippen LogP contribution in [0.1, 0.15) is 13.8 Å². The van der Waals surface area contributed by atoms with Gasteiger partial charge in [-0.15, -0.1) is 0 Å². The van der Waals surface area contributed by atoms with E-state index in [0.29, 0.717) is 5.95 Å². The van der Waals surface area contributed by atoms with Gasteiger partial charge in [0.05, 0.1) is 0 Å². The van der Waals surface area contributed by atoms with Gasteiger partial charge in [-0.05, 0) is 56.3 Å². The SMILES string of the molecule is CCN(CC)c1ccc(Nc2nccc(-c3cc4ccccc4o3)n2)cc1. The molecule has 5 heteroatoms. The van der Waals surface area contributed by atoms with Crippen LogP contribution < -0.4 is 10.2 Å². The van der Waals surface area contributed by atoms with Crippen molar-refractivity contribution in [1.29, 1.82) is 0 Å². The molecule has 0 aliphatic rings. The van der Waals surface area contributed by atoms with E-state index in [9.17, 15) is 0 Å². The first kappa shape index (κ1) is 17.1. The molecular formula is C22H22N4O. The summed E-state index contributed by atoms with van der Waals surface area (Å²) in [6.45, 7) is 6.30. The van der Waals surface area contributed by atoms with E-state index in [2.05, 4.69) is 46.2 Å². The minimum Gasteiger partial charge on any atom is -0.454 e. The Labute approximate surface area is 158 Å². The molecule has 0 bridgehead atoms. The fourth-order valence-electron chi connectivity index (χ4n) is 3.14. The summed E-state index contributed by atoms with van der Waals surface area (Å²) in [5.74, 6) is 1.28. The number of nitrogens with zero attached hydrogens (tertiary/aromatic N) is 3.